The number of ether oxygens (including phenoxy) is 1. The van der Waals surface area contributed by atoms with Crippen molar-refractivity contribution in [2.24, 2.45) is 0 Å². The van der Waals surface area contributed by atoms with Gasteiger partial charge in [0.15, 0.2) is 0 Å². The van der Waals surface area contributed by atoms with Crippen molar-refractivity contribution in [3.8, 4) is 6.07 Å². The van der Waals surface area contributed by atoms with Crippen LogP contribution in [0, 0.1) is 11.3 Å². The van der Waals surface area contributed by atoms with E-state index < -0.39 is 0 Å². The van der Waals surface area contributed by atoms with Crippen molar-refractivity contribution < 1.29 is 9.53 Å². The summed E-state index contributed by atoms with van der Waals surface area (Å²) in [7, 11) is 0. The molecule has 1 N–H and O–H groups in total. The molecule has 86 valence electrons. The quantitative estimate of drug-likeness (QED) is 0.818. The van der Waals surface area contributed by atoms with E-state index in [1.165, 1.54) is 0 Å². The number of carbonyl (C=O) groups is 1. The standard InChI is InChI=1S/C13H12N2O2/c1-2-17-13(16)7-10-9-5-3-4-6-11(9)15-12(10)8-14/h3-6,15H,2,7H2,1H3. The summed E-state index contributed by atoms with van der Waals surface area (Å²) in [5.41, 5.74) is 2.00. The van der Waals surface area contributed by atoms with Gasteiger partial charge in [0.1, 0.15) is 11.8 Å². The highest BCUT2D eigenvalue weighted by Crippen LogP contribution is 2.22. The monoisotopic (exact) mass is 228 g/mol. The van der Waals surface area contributed by atoms with E-state index in [9.17, 15) is 4.79 Å². The molecule has 2 aromatic rings. The fourth-order valence-corrected chi connectivity index (χ4v) is 1.84. The lowest BCUT2D eigenvalue weighted by molar-refractivity contribution is -0.142. The predicted octanol–water partition coefficient (Wildman–Crippen LogP) is 2.15. The summed E-state index contributed by atoms with van der Waals surface area (Å²) in [4.78, 5) is 14.5. The molecule has 0 amide bonds. The van der Waals surface area contributed by atoms with Crippen molar-refractivity contribution in [1.29, 1.82) is 5.26 Å². The average molecular weight is 228 g/mol. The molecule has 0 bridgehead atoms. The van der Waals surface area contributed by atoms with Gasteiger partial charge in [-0.3, -0.25) is 4.79 Å². The fraction of sp³-hybridized carbons (Fsp3) is 0.231. The number of nitriles is 1. The van der Waals surface area contributed by atoms with E-state index >= 15 is 0 Å². The minimum atomic E-state index is -0.311. The molecule has 2 rings (SSSR count). The smallest absolute Gasteiger partial charge is 0.310 e. The van der Waals surface area contributed by atoms with Crippen LogP contribution in [0.25, 0.3) is 10.9 Å². The molecule has 0 saturated carbocycles. The zero-order valence-corrected chi connectivity index (χ0v) is 9.49. The van der Waals surface area contributed by atoms with E-state index in [2.05, 4.69) is 11.1 Å². The van der Waals surface area contributed by atoms with Gasteiger partial charge < -0.3 is 9.72 Å². The van der Waals surface area contributed by atoms with E-state index in [0.717, 1.165) is 10.9 Å². The van der Waals surface area contributed by atoms with E-state index in [1.807, 2.05) is 24.3 Å². The topological polar surface area (TPSA) is 65.9 Å². The summed E-state index contributed by atoms with van der Waals surface area (Å²) in [5.74, 6) is -0.311. The van der Waals surface area contributed by atoms with Crippen LogP contribution in [0.4, 0.5) is 0 Å². The minimum absolute atomic E-state index is 0.126. The molecule has 0 saturated heterocycles. The van der Waals surface area contributed by atoms with Gasteiger partial charge in [0.2, 0.25) is 0 Å². The van der Waals surface area contributed by atoms with Crippen LogP contribution in [0.15, 0.2) is 24.3 Å². The van der Waals surface area contributed by atoms with Crippen LogP contribution in [0.3, 0.4) is 0 Å². The second kappa shape index (κ2) is 4.71. The molecule has 0 fully saturated rings. The number of nitrogens with zero attached hydrogens (tertiary/aromatic N) is 1. The molecular weight excluding hydrogens is 216 g/mol. The number of benzene rings is 1. The number of hydrogen-bond acceptors (Lipinski definition) is 3. The first-order valence-corrected chi connectivity index (χ1v) is 5.41. The van der Waals surface area contributed by atoms with Gasteiger partial charge in [0.25, 0.3) is 0 Å². The zero-order valence-electron chi connectivity index (χ0n) is 9.49. The van der Waals surface area contributed by atoms with Crippen LogP contribution in [0.2, 0.25) is 0 Å². The lowest BCUT2D eigenvalue weighted by Gasteiger charge is -2.01. The fourth-order valence-electron chi connectivity index (χ4n) is 1.84. The molecule has 1 aromatic carbocycles. The normalized spacial score (nSPS) is 10.1. The molecule has 0 atom stereocenters. The van der Waals surface area contributed by atoms with Crippen molar-refractivity contribution in [1.82, 2.24) is 4.98 Å². The third-order valence-corrected chi connectivity index (χ3v) is 2.55. The summed E-state index contributed by atoms with van der Waals surface area (Å²) < 4.78 is 4.90. The predicted molar refractivity (Wildman–Crippen MR) is 63.4 cm³/mol. The van der Waals surface area contributed by atoms with E-state index in [-0.39, 0.29) is 12.4 Å². The molecule has 17 heavy (non-hydrogen) atoms. The Labute approximate surface area is 98.8 Å². The lowest BCUT2D eigenvalue weighted by Crippen LogP contribution is -2.08. The lowest BCUT2D eigenvalue weighted by atomic mass is 10.1. The van der Waals surface area contributed by atoms with E-state index in [0.29, 0.717) is 17.9 Å². The highest BCUT2D eigenvalue weighted by atomic mass is 16.5. The number of H-pyrrole nitrogens is 1. The summed E-state index contributed by atoms with van der Waals surface area (Å²) in [6.45, 7) is 2.11. The van der Waals surface area contributed by atoms with Crippen molar-refractivity contribution >= 4 is 16.9 Å². The molecule has 0 radical (unpaired) electrons. The van der Waals surface area contributed by atoms with Crippen molar-refractivity contribution in [2.75, 3.05) is 6.61 Å². The van der Waals surface area contributed by atoms with Gasteiger partial charge in [-0.15, -0.1) is 0 Å². The highest BCUT2D eigenvalue weighted by molar-refractivity contribution is 5.89. The molecule has 0 aliphatic heterocycles. The van der Waals surface area contributed by atoms with Gasteiger partial charge in [-0.2, -0.15) is 5.26 Å². The Morgan fingerprint density at radius 1 is 1.47 bits per heavy atom. The molecule has 1 heterocycles. The Bertz CT molecular complexity index is 593. The molecule has 0 spiro atoms. The second-order valence-corrected chi connectivity index (χ2v) is 3.62. The summed E-state index contributed by atoms with van der Waals surface area (Å²) in [6.07, 6.45) is 0.126. The van der Waals surface area contributed by atoms with Gasteiger partial charge in [0, 0.05) is 16.5 Å². The Morgan fingerprint density at radius 2 is 2.24 bits per heavy atom. The van der Waals surface area contributed by atoms with Crippen LogP contribution in [-0.2, 0) is 16.0 Å². The number of fused-ring (bicyclic) bond motifs is 1. The van der Waals surface area contributed by atoms with Gasteiger partial charge in [-0.25, -0.2) is 0 Å². The van der Waals surface area contributed by atoms with Crippen LogP contribution < -0.4 is 0 Å². The van der Waals surface area contributed by atoms with Gasteiger partial charge in [-0.05, 0) is 13.0 Å². The number of nitrogens with one attached hydrogen (secondary N) is 1. The average Bonchev–Trinajstić information content (AvgIpc) is 2.68. The number of rotatable bonds is 3. The first-order valence-electron chi connectivity index (χ1n) is 5.41. The molecule has 0 aliphatic carbocycles. The maximum Gasteiger partial charge on any atom is 0.310 e. The molecular formula is C13H12N2O2. The van der Waals surface area contributed by atoms with Crippen LogP contribution in [0.5, 0.6) is 0 Å². The number of esters is 1. The zero-order chi connectivity index (χ0) is 12.3. The van der Waals surface area contributed by atoms with Crippen molar-refractivity contribution in [2.45, 2.75) is 13.3 Å². The molecule has 4 heteroatoms. The van der Waals surface area contributed by atoms with Crippen LogP contribution in [-0.4, -0.2) is 17.6 Å². The number of carbonyl (C=O) groups excluding carboxylic acids is 1. The third kappa shape index (κ3) is 2.13. The van der Waals surface area contributed by atoms with Crippen LogP contribution >= 0.6 is 0 Å². The van der Waals surface area contributed by atoms with Gasteiger partial charge in [-0.1, -0.05) is 18.2 Å². The Balaban J connectivity index is 2.44. The van der Waals surface area contributed by atoms with Crippen molar-refractivity contribution in [3.05, 3.63) is 35.5 Å². The Kier molecular flexibility index (Phi) is 3.10. The van der Waals surface area contributed by atoms with Crippen molar-refractivity contribution in [3.63, 3.8) is 0 Å². The number of hydrogen-bond donors (Lipinski definition) is 1. The SMILES string of the molecule is CCOC(=O)Cc1c(C#N)[nH]c2ccccc12. The summed E-state index contributed by atoms with van der Waals surface area (Å²) in [6, 6.07) is 9.60. The van der Waals surface area contributed by atoms with Crippen LogP contribution in [0.1, 0.15) is 18.2 Å². The largest absolute Gasteiger partial charge is 0.466 e. The minimum Gasteiger partial charge on any atom is -0.466 e. The summed E-state index contributed by atoms with van der Waals surface area (Å²) >= 11 is 0. The molecule has 4 nitrogen and oxygen atoms in total. The summed E-state index contributed by atoms with van der Waals surface area (Å²) in [5, 5.41) is 9.93. The maximum atomic E-state index is 11.5. The number of para-hydroxylation sites is 1. The van der Waals surface area contributed by atoms with E-state index in [4.69, 9.17) is 10.00 Å². The van der Waals surface area contributed by atoms with Gasteiger partial charge >= 0.3 is 5.97 Å². The Morgan fingerprint density at radius 3 is 2.94 bits per heavy atom. The van der Waals surface area contributed by atoms with Gasteiger partial charge in [0.05, 0.1) is 13.0 Å². The first-order chi connectivity index (χ1) is 8.26. The third-order valence-electron chi connectivity index (χ3n) is 2.55. The molecule has 1 aromatic heterocycles. The number of aromatic amines is 1. The van der Waals surface area contributed by atoms with E-state index in [1.54, 1.807) is 6.92 Å². The maximum absolute atomic E-state index is 11.5. The second-order valence-electron chi connectivity index (χ2n) is 3.62. The Hall–Kier alpha value is -2.28. The number of aromatic nitrogens is 1. The molecule has 0 unspecified atom stereocenters. The highest BCUT2D eigenvalue weighted by Gasteiger charge is 2.14. The first kappa shape index (κ1) is 11.2. The molecule has 0 aliphatic rings.